The molecule has 70 valence electrons. The number of rotatable bonds is 2. The maximum absolute atomic E-state index is 5.45. The summed E-state index contributed by atoms with van der Waals surface area (Å²) >= 11 is 0. The molecule has 0 aromatic carbocycles. The Bertz CT molecular complexity index is 160. The fraction of sp³-hybridized carbons (Fsp3) is 0.818. The van der Waals surface area contributed by atoms with Gasteiger partial charge in [-0.3, -0.25) is 0 Å². The van der Waals surface area contributed by atoms with Crippen LogP contribution in [0.2, 0.25) is 0 Å². The lowest BCUT2D eigenvalue weighted by molar-refractivity contribution is 0.0276. The second-order valence-electron chi connectivity index (χ2n) is 4.84. The molecular formula is C11H20O. The molecular weight excluding hydrogens is 148 g/mol. The molecule has 1 aliphatic rings. The Balaban J connectivity index is 2.51. The Hall–Kier alpha value is -0.460. The summed E-state index contributed by atoms with van der Waals surface area (Å²) in [5.41, 5.74) is 0.450. The maximum atomic E-state index is 5.45. The van der Waals surface area contributed by atoms with Gasteiger partial charge in [-0.25, -0.2) is 0 Å². The molecule has 0 aromatic rings. The van der Waals surface area contributed by atoms with Crippen LogP contribution in [0.25, 0.3) is 0 Å². The summed E-state index contributed by atoms with van der Waals surface area (Å²) in [6.45, 7) is 10.6. The van der Waals surface area contributed by atoms with Gasteiger partial charge >= 0.3 is 0 Å². The molecule has 0 radical (unpaired) electrons. The van der Waals surface area contributed by atoms with Crippen molar-refractivity contribution in [3.05, 3.63) is 12.8 Å². The molecule has 0 bridgehead atoms. The van der Waals surface area contributed by atoms with Gasteiger partial charge in [-0.05, 0) is 30.6 Å². The first-order valence-corrected chi connectivity index (χ1v) is 4.80. The third kappa shape index (κ3) is 2.54. The highest BCUT2D eigenvalue weighted by Crippen LogP contribution is 2.39. The second-order valence-corrected chi connectivity index (χ2v) is 4.84. The zero-order chi connectivity index (χ0) is 9.19. The number of hydrogen-bond donors (Lipinski definition) is 0. The predicted molar refractivity (Wildman–Crippen MR) is 51.9 cm³/mol. The predicted octanol–water partition coefficient (Wildman–Crippen LogP) is 3.36. The van der Waals surface area contributed by atoms with Crippen molar-refractivity contribution in [3.8, 4) is 0 Å². The van der Waals surface area contributed by atoms with Gasteiger partial charge < -0.3 is 4.74 Å². The highest BCUT2D eigenvalue weighted by Gasteiger charge is 2.32. The highest BCUT2D eigenvalue weighted by atomic mass is 16.5. The van der Waals surface area contributed by atoms with Crippen molar-refractivity contribution >= 4 is 0 Å². The first-order chi connectivity index (χ1) is 5.53. The summed E-state index contributed by atoms with van der Waals surface area (Å²) in [6.07, 6.45) is 5.67. The standard InChI is InChI=1S/C11H20O/c1-5-12-10-6-9(2)7-11(3,4)8-10/h5,9-10H,1,6-8H2,2-4H3/t9-,10+/m1/s1. The number of hydrogen-bond acceptors (Lipinski definition) is 1. The van der Waals surface area contributed by atoms with Crippen molar-refractivity contribution in [1.82, 2.24) is 0 Å². The fourth-order valence-electron chi connectivity index (χ4n) is 2.50. The SMILES string of the molecule is C=CO[C@H]1C[C@@H](C)CC(C)(C)C1. The molecule has 0 amide bonds. The Morgan fingerprint density at radius 1 is 1.42 bits per heavy atom. The Morgan fingerprint density at radius 2 is 2.08 bits per heavy atom. The van der Waals surface area contributed by atoms with E-state index in [2.05, 4.69) is 27.4 Å². The van der Waals surface area contributed by atoms with Crippen molar-refractivity contribution < 1.29 is 4.74 Å². The molecule has 0 heterocycles. The summed E-state index contributed by atoms with van der Waals surface area (Å²) in [4.78, 5) is 0. The smallest absolute Gasteiger partial charge is 0.0985 e. The zero-order valence-corrected chi connectivity index (χ0v) is 8.47. The molecule has 1 saturated carbocycles. The maximum Gasteiger partial charge on any atom is 0.0985 e. The lowest BCUT2D eigenvalue weighted by Gasteiger charge is -2.38. The van der Waals surface area contributed by atoms with Crippen molar-refractivity contribution in [3.63, 3.8) is 0 Å². The van der Waals surface area contributed by atoms with Crippen LogP contribution in [-0.2, 0) is 4.74 Å². The molecule has 1 aliphatic carbocycles. The third-order valence-corrected chi connectivity index (χ3v) is 2.64. The van der Waals surface area contributed by atoms with Crippen molar-refractivity contribution in [2.75, 3.05) is 0 Å². The molecule has 12 heavy (non-hydrogen) atoms. The summed E-state index contributed by atoms with van der Waals surface area (Å²) < 4.78 is 5.45. The summed E-state index contributed by atoms with van der Waals surface area (Å²) in [6, 6.07) is 0. The lowest BCUT2D eigenvalue weighted by atomic mass is 9.71. The Labute approximate surface area is 75.8 Å². The topological polar surface area (TPSA) is 9.23 Å². The van der Waals surface area contributed by atoms with Crippen LogP contribution in [0.15, 0.2) is 12.8 Å². The average molecular weight is 168 g/mol. The quantitative estimate of drug-likeness (QED) is 0.574. The minimum absolute atomic E-state index is 0.404. The van der Waals surface area contributed by atoms with Crippen LogP contribution >= 0.6 is 0 Å². The van der Waals surface area contributed by atoms with Gasteiger partial charge in [-0.15, -0.1) is 0 Å². The molecule has 1 heteroatoms. The molecule has 0 N–H and O–H groups in total. The largest absolute Gasteiger partial charge is 0.499 e. The molecule has 1 nitrogen and oxygen atoms in total. The monoisotopic (exact) mass is 168 g/mol. The van der Waals surface area contributed by atoms with E-state index in [4.69, 9.17) is 4.74 Å². The summed E-state index contributed by atoms with van der Waals surface area (Å²) in [7, 11) is 0. The van der Waals surface area contributed by atoms with E-state index >= 15 is 0 Å². The van der Waals surface area contributed by atoms with Crippen molar-refractivity contribution in [2.24, 2.45) is 11.3 Å². The second kappa shape index (κ2) is 3.51. The van der Waals surface area contributed by atoms with Crippen LogP contribution in [0, 0.1) is 11.3 Å². The summed E-state index contributed by atoms with van der Waals surface area (Å²) in [5.74, 6) is 0.790. The first-order valence-electron chi connectivity index (χ1n) is 4.80. The zero-order valence-electron chi connectivity index (χ0n) is 8.47. The third-order valence-electron chi connectivity index (χ3n) is 2.64. The molecule has 2 atom stereocenters. The van der Waals surface area contributed by atoms with Crippen LogP contribution in [0.1, 0.15) is 40.0 Å². The van der Waals surface area contributed by atoms with E-state index in [0.717, 1.165) is 5.92 Å². The van der Waals surface area contributed by atoms with Crippen LogP contribution in [-0.4, -0.2) is 6.10 Å². The molecule has 1 rings (SSSR count). The molecule has 0 aromatic heterocycles. The van der Waals surface area contributed by atoms with Gasteiger partial charge in [0.1, 0.15) is 0 Å². The van der Waals surface area contributed by atoms with Gasteiger partial charge in [0.25, 0.3) is 0 Å². The minimum atomic E-state index is 0.404. The van der Waals surface area contributed by atoms with Crippen molar-refractivity contribution in [1.29, 1.82) is 0 Å². The number of ether oxygens (including phenoxy) is 1. The fourth-order valence-corrected chi connectivity index (χ4v) is 2.50. The average Bonchev–Trinajstić information content (AvgIpc) is 1.82. The van der Waals surface area contributed by atoms with Crippen LogP contribution < -0.4 is 0 Å². The van der Waals surface area contributed by atoms with E-state index in [9.17, 15) is 0 Å². The van der Waals surface area contributed by atoms with Crippen molar-refractivity contribution in [2.45, 2.75) is 46.1 Å². The van der Waals surface area contributed by atoms with E-state index in [1.165, 1.54) is 19.3 Å². The van der Waals surface area contributed by atoms with Gasteiger partial charge in [-0.2, -0.15) is 0 Å². The van der Waals surface area contributed by atoms with Crippen LogP contribution in [0.4, 0.5) is 0 Å². The first kappa shape index (κ1) is 9.63. The molecule has 0 spiro atoms. The summed E-state index contributed by atoms with van der Waals surface area (Å²) in [5, 5.41) is 0. The lowest BCUT2D eigenvalue weighted by Crippen LogP contribution is -2.31. The van der Waals surface area contributed by atoms with E-state index in [1.807, 2.05) is 0 Å². The van der Waals surface area contributed by atoms with Crippen LogP contribution in [0.5, 0.6) is 0 Å². The van der Waals surface area contributed by atoms with E-state index in [1.54, 1.807) is 6.26 Å². The van der Waals surface area contributed by atoms with E-state index in [0.29, 0.717) is 11.5 Å². The van der Waals surface area contributed by atoms with Gasteiger partial charge in [0.05, 0.1) is 12.4 Å². The van der Waals surface area contributed by atoms with Gasteiger partial charge in [0, 0.05) is 0 Å². The van der Waals surface area contributed by atoms with Gasteiger partial charge in [0.2, 0.25) is 0 Å². The Kier molecular flexibility index (Phi) is 2.81. The van der Waals surface area contributed by atoms with Crippen LogP contribution in [0.3, 0.4) is 0 Å². The Morgan fingerprint density at radius 3 is 2.58 bits per heavy atom. The van der Waals surface area contributed by atoms with Gasteiger partial charge in [0.15, 0.2) is 0 Å². The molecule has 0 saturated heterocycles. The molecule has 0 unspecified atom stereocenters. The normalized spacial score (nSPS) is 34.2. The van der Waals surface area contributed by atoms with E-state index in [-0.39, 0.29) is 0 Å². The van der Waals surface area contributed by atoms with E-state index < -0.39 is 0 Å². The highest BCUT2D eigenvalue weighted by molar-refractivity contribution is 4.84. The molecule has 1 fully saturated rings. The minimum Gasteiger partial charge on any atom is -0.499 e. The van der Waals surface area contributed by atoms with Gasteiger partial charge in [-0.1, -0.05) is 27.4 Å². The molecule has 0 aliphatic heterocycles.